The molecule has 2 heteroatoms. The Morgan fingerprint density at radius 1 is 1.33 bits per heavy atom. The van der Waals surface area contributed by atoms with Crippen molar-refractivity contribution in [3.05, 3.63) is 34.9 Å². The van der Waals surface area contributed by atoms with E-state index in [2.05, 4.69) is 24.0 Å². The summed E-state index contributed by atoms with van der Waals surface area (Å²) in [4.78, 5) is 2.53. The second-order valence-electron chi connectivity index (χ2n) is 4.35. The lowest BCUT2D eigenvalue weighted by Gasteiger charge is -2.03. The van der Waals surface area contributed by atoms with Crippen LogP contribution in [0.1, 0.15) is 31.7 Å². The third kappa shape index (κ3) is 3.22. The molecule has 0 spiro atoms. The normalized spacial score (nSPS) is 24.1. The van der Waals surface area contributed by atoms with Crippen LogP contribution in [0.4, 0.5) is 0 Å². The SMILES string of the molecule is CCCC[C@@H]1CN1Cc1ccc(Cl)cc1. The third-order valence-electron chi connectivity index (χ3n) is 3.02. The maximum atomic E-state index is 5.85. The zero-order valence-electron chi connectivity index (χ0n) is 9.25. The predicted octanol–water partition coefficient (Wildman–Crippen LogP) is 3.71. The van der Waals surface area contributed by atoms with E-state index in [4.69, 9.17) is 11.6 Å². The number of unbranched alkanes of at least 4 members (excludes halogenated alkanes) is 1. The van der Waals surface area contributed by atoms with Crippen LogP contribution in [0.2, 0.25) is 5.02 Å². The zero-order chi connectivity index (χ0) is 10.7. The monoisotopic (exact) mass is 223 g/mol. The summed E-state index contributed by atoms with van der Waals surface area (Å²) in [5.41, 5.74) is 1.37. The molecule has 0 amide bonds. The van der Waals surface area contributed by atoms with Gasteiger partial charge in [-0.15, -0.1) is 0 Å². The van der Waals surface area contributed by atoms with E-state index < -0.39 is 0 Å². The zero-order valence-corrected chi connectivity index (χ0v) is 10.0. The Kier molecular flexibility index (Phi) is 3.66. The van der Waals surface area contributed by atoms with Gasteiger partial charge in [-0.1, -0.05) is 43.5 Å². The molecule has 2 rings (SSSR count). The van der Waals surface area contributed by atoms with Crippen LogP contribution in [-0.2, 0) is 6.54 Å². The summed E-state index contributed by atoms with van der Waals surface area (Å²) >= 11 is 5.85. The molecule has 0 saturated carbocycles. The summed E-state index contributed by atoms with van der Waals surface area (Å²) < 4.78 is 0. The van der Waals surface area contributed by atoms with E-state index in [1.807, 2.05) is 12.1 Å². The number of halogens is 1. The number of rotatable bonds is 5. The van der Waals surface area contributed by atoms with Gasteiger partial charge in [0.05, 0.1) is 0 Å². The van der Waals surface area contributed by atoms with E-state index >= 15 is 0 Å². The van der Waals surface area contributed by atoms with Gasteiger partial charge in [0.1, 0.15) is 0 Å². The van der Waals surface area contributed by atoms with Crippen molar-refractivity contribution in [2.75, 3.05) is 6.54 Å². The number of nitrogens with zero attached hydrogens (tertiary/aromatic N) is 1. The van der Waals surface area contributed by atoms with Crippen molar-refractivity contribution >= 4 is 11.6 Å². The average Bonchev–Trinajstić information content (AvgIpc) is 2.97. The highest BCUT2D eigenvalue weighted by atomic mass is 35.5. The summed E-state index contributed by atoms with van der Waals surface area (Å²) in [7, 11) is 0. The van der Waals surface area contributed by atoms with E-state index in [1.54, 1.807) is 0 Å². The van der Waals surface area contributed by atoms with Gasteiger partial charge < -0.3 is 0 Å². The molecule has 0 N–H and O–H groups in total. The molecule has 1 saturated heterocycles. The van der Waals surface area contributed by atoms with Crippen LogP contribution in [-0.4, -0.2) is 17.5 Å². The molecule has 0 bridgehead atoms. The Hall–Kier alpha value is -0.530. The fourth-order valence-electron chi connectivity index (χ4n) is 1.96. The first-order valence-corrected chi connectivity index (χ1v) is 6.16. The lowest BCUT2D eigenvalue weighted by molar-refractivity contribution is 0.479. The predicted molar refractivity (Wildman–Crippen MR) is 65.2 cm³/mol. The van der Waals surface area contributed by atoms with Gasteiger partial charge >= 0.3 is 0 Å². The summed E-state index contributed by atoms with van der Waals surface area (Å²) in [6.07, 6.45) is 4.04. The summed E-state index contributed by atoms with van der Waals surface area (Å²) in [5.74, 6) is 0. The standard InChI is InChI=1S/C13H18ClN/c1-2-3-4-13-10-15(13)9-11-5-7-12(14)8-6-11/h5-8,13H,2-4,9-10H2,1H3/t13-,15?/m1/s1. The highest BCUT2D eigenvalue weighted by molar-refractivity contribution is 6.30. The molecule has 2 atom stereocenters. The molecule has 1 aliphatic rings. The van der Waals surface area contributed by atoms with Gasteiger partial charge in [0.2, 0.25) is 0 Å². The first-order valence-electron chi connectivity index (χ1n) is 5.78. The molecule has 15 heavy (non-hydrogen) atoms. The van der Waals surface area contributed by atoms with Crippen LogP contribution >= 0.6 is 11.6 Å². The fraction of sp³-hybridized carbons (Fsp3) is 0.538. The van der Waals surface area contributed by atoms with Crippen molar-refractivity contribution in [1.29, 1.82) is 0 Å². The summed E-state index contributed by atoms with van der Waals surface area (Å²) in [6.45, 7) is 4.63. The van der Waals surface area contributed by atoms with Crippen LogP contribution in [0.15, 0.2) is 24.3 Å². The van der Waals surface area contributed by atoms with E-state index in [9.17, 15) is 0 Å². The van der Waals surface area contributed by atoms with E-state index in [0.29, 0.717) is 0 Å². The van der Waals surface area contributed by atoms with Gasteiger partial charge in [-0.2, -0.15) is 0 Å². The van der Waals surface area contributed by atoms with Gasteiger partial charge in [-0.25, -0.2) is 0 Å². The van der Waals surface area contributed by atoms with Crippen LogP contribution < -0.4 is 0 Å². The maximum Gasteiger partial charge on any atom is 0.0406 e. The van der Waals surface area contributed by atoms with Gasteiger partial charge in [0, 0.05) is 24.2 Å². The van der Waals surface area contributed by atoms with Crippen molar-refractivity contribution in [2.24, 2.45) is 0 Å². The molecule has 1 aromatic rings. The van der Waals surface area contributed by atoms with Gasteiger partial charge in [0.25, 0.3) is 0 Å². The van der Waals surface area contributed by atoms with Crippen molar-refractivity contribution in [3.8, 4) is 0 Å². The second kappa shape index (κ2) is 5.00. The van der Waals surface area contributed by atoms with Gasteiger partial charge in [-0.05, 0) is 24.1 Å². The molecule has 82 valence electrons. The highest BCUT2D eigenvalue weighted by Gasteiger charge is 2.32. The molecule has 1 aliphatic heterocycles. The first kappa shape index (κ1) is 11.0. The van der Waals surface area contributed by atoms with Crippen LogP contribution in [0.5, 0.6) is 0 Å². The number of benzene rings is 1. The Bertz CT molecular complexity index is 307. The van der Waals surface area contributed by atoms with E-state index in [1.165, 1.54) is 31.4 Å². The molecule has 0 aromatic heterocycles. The van der Waals surface area contributed by atoms with Crippen molar-refractivity contribution in [2.45, 2.75) is 38.8 Å². The number of hydrogen-bond acceptors (Lipinski definition) is 1. The minimum Gasteiger partial charge on any atom is -0.293 e. The lowest BCUT2D eigenvalue weighted by Crippen LogP contribution is -2.01. The second-order valence-corrected chi connectivity index (χ2v) is 4.79. The molecule has 0 aliphatic carbocycles. The third-order valence-corrected chi connectivity index (χ3v) is 3.27. The highest BCUT2D eigenvalue weighted by Crippen LogP contribution is 2.25. The average molecular weight is 224 g/mol. The molecule has 1 fully saturated rings. The van der Waals surface area contributed by atoms with E-state index in [0.717, 1.165) is 17.6 Å². The van der Waals surface area contributed by atoms with Crippen LogP contribution in [0.3, 0.4) is 0 Å². The molecule has 1 aromatic carbocycles. The van der Waals surface area contributed by atoms with Gasteiger partial charge in [-0.3, -0.25) is 4.90 Å². The Balaban J connectivity index is 1.77. The summed E-state index contributed by atoms with van der Waals surface area (Å²) in [6, 6.07) is 9.04. The largest absolute Gasteiger partial charge is 0.293 e. The summed E-state index contributed by atoms with van der Waals surface area (Å²) in [5, 5.41) is 0.826. The van der Waals surface area contributed by atoms with Gasteiger partial charge in [0.15, 0.2) is 0 Å². The van der Waals surface area contributed by atoms with Crippen LogP contribution in [0.25, 0.3) is 0 Å². The Morgan fingerprint density at radius 3 is 2.73 bits per heavy atom. The molecule has 1 nitrogen and oxygen atoms in total. The van der Waals surface area contributed by atoms with Crippen molar-refractivity contribution in [1.82, 2.24) is 4.90 Å². The minimum atomic E-state index is 0.826. The lowest BCUT2D eigenvalue weighted by atomic mass is 10.2. The Labute approximate surface area is 97.0 Å². The molecular weight excluding hydrogens is 206 g/mol. The van der Waals surface area contributed by atoms with Crippen LogP contribution in [0, 0.1) is 0 Å². The first-order chi connectivity index (χ1) is 7.29. The molecule has 1 unspecified atom stereocenters. The van der Waals surface area contributed by atoms with Crippen molar-refractivity contribution < 1.29 is 0 Å². The Morgan fingerprint density at radius 2 is 2.07 bits per heavy atom. The maximum absolute atomic E-state index is 5.85. The van der Waals surface area contributed by atoms with Crippen molar-refractivity contribution in [3.63, 3.8) is 0 Å². The number of hydrogen-bond donors (Lipinski definition) is 0. The smallest absolute Gasteiger partial charge is 0.0406 e. The minimum absolute atomic E-state index is 0.826. The molecule has 0 radical (unpaired) electrons. The molecule has 1 heterocycles. The fourth-order valence-corrected chi connectivity index (χ4v) is 2.08. The topological polar surface area (TPSA) is 3.01 Å². The quantitative estimate of drug-likeness (QED) is 0.688. The van der Waals surface area contributed by atoms with E-state index in [-0.39, 0.29) is 0 Å². The molecular formula is C13H18ClN.